The van der Waals surface area contributed by atoms with Crippen LogP contribution in [0.15, 0.2) is 30.3 Å². The lowest BCUT2D eigenvalue weighted by molar-refractivity contribution is 0.117. The smallest absolute Gasteiger partial charge is 0.173 e. The van der Waals surface area contributed by atoms with E-state index >= 15 is 0 Å². The first-order valence-corrected chi connectivity index (χ1v) is 8.79. The molecule has 0 radical (unpaired) electrons. The van der Waals surface area contributed by atoms with Gasteiger partial charge in [0.1, 0.15) is 0 Å². The van der Waals surface area contributed by atoms with Gasteiger partial charge < -0.3 is 4.90 Å². The van der Waals surface area contributed by atoms with Crippen LogP contribution in [0.3, 0.4) is 0 Å². The first-order valence-electron chi connectivity index (χ1n) is 8.79. The summed E-state index contributed by atoms with van der Waals surface area (Å²) in [5.74, 6) is 0.942. The highest BCUT2D eigenvalue weighted by atomic mass is 35.5. The zero-order chi connectivity index (χ0) is 17.2. The largest absolute Gasteiger partial charge is 0.304 e. The molecule has 0 amide bonds. The average Bonchev–Trinajstić information content (AvgIpc) is 3.08. The summed E-state index contributed by atoms with van der Waals surface area (Å²) in [4.78, 5) is 4.88. The Balaban J connectivity index is 0.00000225. The summed E-state index contributed by atoms with van der Waals surface area (Å²) >= 11 is 0. The number of rotatable bonds is 5. The van der Waals surface area contributed by atoms with Crippen molar-refractivity contribution < 1.29 is 0 Å². The van der Waals surface area contributed by atoms with Gasteiger partial charge in [-0.05, 0) is 43.3 Å². The van der Waals surface area contributed by atoms with Crippen LogP contribution < -0.4 is 0 Å². The van der Waals surface area contributed by atoms with E-state index in [2.05, 4.69) is 83.5 Å². The summed E-state index contributed by atoms with van der Waals surface area (Å²) in [5.41, 5.74) is 1.16. The number of aromatic nitrogens is 4. The van der Waals surface area contributed by atoms with Gasteiger partial charge in [0.15, 0.2) is 5.82 Å². The molecule has 1 aliphatic rings. The van der Waals surface area contributed by atoms with Crippen LogP contribution in [-0.2, 0) is 5.54 Å². The normalized spacial score (nSPS) is 17.9. The molecule has 0 N–H and O–H groups in total. The van der Waals surface area contributed by atoms with Crippen molar-refractivity contribution in [3.8, 4) is 0 Å². The number of likely N-dealkylation sites (N-methyl/N-ethyl adjacent to an activating group) is 1. The SMILES string of the molecule is CCC(C)(C)n1nnnc1C(c1ccccc1)N1CCN(C)CC1.Cl. The molecule has 2 heterocycles. The van der Waals surface area contributed by atoms with Crippen molar-refractivity contribution in [1.29, 1.82) is 0 Å². The van der Waals surface area contributed by atoms with Crippen LogP contribution in [0.25, 0.3) is 0 Å². The lowest BCUT2D eigenvalue weighted by Gasteiger charge is -2.38. The standard InChI is InChI=1S/C18H28N6.ClH/c1-5-18(2,3)24-17(19-20-21-24)16(15-9-7-6-8-10-15)23-13-11-22(4)12-14-23;/h6-10,16H,5,11-14H2,1-4H3;1H. The van der Waals surface area contributed by atoms with Crippen molar-refractivity contribution in [1.82, 2.24) is 30.0 Å². The molecule has 1 aromatic carbocycles. The highest BCUT2D eigenvalue weighted by Crippen LogP contribution is 2.31. The first kappa shape index (κ1) is 19.8. The molecule has 1 saturated heterocycles. The second-order valence-electron chi connectivity index (χ2n) is 7.27. The van der Waals surface area contributed by atoms with Gasteiger partial charge in [-0.2, -0.15) is 0 Å². The van der Waals surface area contributed by atoms with E-state index < -0.39 is 0 Å². The van der Waals surface area contributed by atoms with E-state index in [0.29, 0.717) is 0 Å². The molecule has 1 unspecified atom stereocenters. The topological polar surface area (TPSA) is 50.1 Å². The van der Waals surface area contributed by atoms with E-state index in [9.17, 15) is 0 Å². The summed E-state index contributed by atoms with van der Waals surface area (Å²) in [5, 5.41) is 12.8. The van der Waals surface area contributed by atoms with Gasteiger partial charge in [-0.1, -0.05) is 37.3 Å². The van der Waals surface area contributed by atoms with Crippen LogP contribution >= 0.6 is 12.4 Å². The molecule has 138 valence electrons. The molecule has 0 saturated carbocycles. The summed E-state index contributed by atoms with van der Waals surface area (Å²) in [6, 6.07) is 10.7. The van der Waals surface area contributed by atoms with Crippen molar-refractivity contribution in [2.75, 3.05) is 33.2 Å². The Kier molecular flexibility index (Phi) is 6.54. The molecular formula is C18H29ClN6. The third-order valence-electron chi connectivity index (χ3n) is 5.20. The Labute approximate surface area is 156 Å². The van der Waals surface area contributed by atoms with Gasteiger partial charge in [-0.15, -0.1) is 17.5 Å². The Morgan fingerprint density at radius 1 is 1.08 bits per heavy atom. The molecule has 3 rings (SSSR count). The minimum atomic E-state index is -0.0988. The molecular weight excluding hydrogens is 336 g/mol. The molecule has 0 aliphatic carbocycles. The van der Waals surface area contributed by atoms with Crippen LogP contribution in [0, 0.1) is 0 Å². The highest BCUT2D eigenvalue weighted by Gasteiger charge is 2.33. The van der Waals surface area contributed by atoms with Crippen molar-refractivity contribution in [2.45, 2.75) is 38.8 Å². The van der Waals surface area contributed by atoms with E-state index in [0.717, 1.165) is 38.4 Å². The monoisotopic (exact) mass is 364 g/mol. The Morgan fingerprint density at radius 3 is 2.32 bits per heavy atom. The maximum atomic E-state index is 4.45. The number of tetrazole rings is 1. The molecule has 7 heteroatoms. The zero-order valence-electron chi connectivity index (χ0n) is 15.6. The molecule has 2 aromatic rings. The van der Waals surface area contributed by atoms with Gasteiger partial charge in [-0.3, -0.25) is 4.90 Å². The minimum absolute atomic E-state index is 0. The van der Waals surface area contributed by atoms with E-state index in [1.165, 1.54) is 5.56 Å². The van der Waals surface area contributed by atoms with Gasteiger partial charge in [0, 0.05) is 26.2 Å². The highest BCUT2D eigenvalue weighted by molar-refractivity contribution is 5.85. The van der Waals surface area contributed by atoms with Gasteiger partial charge >= 0.3 is 0 Å². The number of piperazine rings is 1. The van der Waals surface area contributed by atoms with Gasteiger partial charge in [0.2, 0.25) is 0 Å². The van der Waals surface area contributed by atoms with Crippen molar-refractivity contribution in [3.05, 3.63) is 41.7 Å². The second-order valence-corrected chi connectivity index (χ2v) is 7.27. The quantitative estimate of drug-likeness (QED) is 0.816. The number of nitrogens with zero attached hydrogens (tertiary/aromatic N) is 6. The predicted molar refractivity (Wildman–Crippen MR) is 102 cm³/mol. The van der Waals surface area contributed by atoms with E-state index in [1.807, 2.05) is 4.68 Å². The Bertz CT molecular complexity index is 649. The molecule has 25 heavy (non-hydrogen) atoms. The molecule has 0 bridgehead atoms. The van der Waals surface area contributed by atoms with Crippen LogP contribution in [0.2, 0.25) is 0 Å². The fourth-order valence-corrected chi connectivity index (χ4v) is 3.18. The summed E-state index contributed by atoms with van der Waals surface area (Å²) in [6.45, 7) is 10.8. The van der Waals surface area contributed by atoms with Crippen molar-refractivity contribution >= 4 is 12.4 Å². The lowest BCUT2D eigenvalue weighted by Crippen LogP contribution is -2.47. The average molecular weight is 365 g/mol. The number of hydrogen-bond donors (Lipinski definition) is 0. The number of benzene rings is 1. The third kappa shape index (κ3) is 4.19. The van der Waals surface area contributed by atoms with Gasteiger partial charge in [0.25, 0.3) is 0 Å². The van der Waals surface area contributed by atoms with Crippen LogP contribution in [0.5, 0.6) is 0 Å². The minimum Gasteiger partial charge on any atom is -0.304 e. The third-order valence-corrected chi connectivity index (χ3v) is 5.20. The number of halogens is 1. The molecule has 1 aromatic heterocycles. The van der Waals surface area contributed by atoms with Gasteiger partial charge in [-0.25, -0.2) is 4.68 Å². The summed E-state index contributed by atoms with van der Waals surface area (Å²) in [6.07, 6.45) is 0.981. The van der Waals surface area contributed by atoms with Crippen molar-refractivity contribution in [3.63, 3.8) is 0 Å². The van der Waals surface area contributed by atoms with Crippen LogP contribution in [-0.4, -0.2) is 63.2 Å². The lowest BCUT2D eigenvalue weighted by atomic mass is 9.99. The van der Waals surface area contributed by atoms with Gasteiger partial charge in [0.05, 0.1) is 11.6 Å². The zero-order valence-corrected chi connectivity index (χ0v) is 16.4. The summed E-state index contributed by atoms with van der Waals surface area (Å²) < 4.78 is 2.02. The Morgan fingerprint density at radius 2 is 1.72 bits per heavy atom. The fourth-order valence-electron chi connectivity index (χ4n) is 3.18. The molecule has 0 spiro atoms. The fraction of sp³-hybridized carbons (Fsp3) is 0.611. The molecule has 1 aliphatic heterocycles. The first-order chi connectivity index (χ1) is 11.5. The maximum absolute atomic E-state index is 4.45. The van der Waals surface area contributed by atoms with E-state index in [-0.39, 0.29) is 24.0 Å². The van der Waals surface area contributed by atoms with Crippen LogP contribution in [0.4, 0.5) is 0 Å². The predicted octanol–water partition coefficient (Wildman–Crippen LogP) is 2.58. The van der Waals surface area contributed by atoms with Crippen LogP contribution in [0.1, 0.15) is 44.6 Å². The maximum Gasteiger partial charge on any atom is 0.173 e. The van der Waals surface area contributed by atoms with Crippen molar-refractivity contribution in [2.24, 2.45) is 0 Å². The summed E-state index contributed by atoms with van der Waals surface area (Å²) in [7, 11) is 2.18. The number of hydrogen-bond acceptors (Lipinski definition) is 5. The van der Waals surface area contributed by atoms with E-state index in [1.54, 1.807) is 0 Å². The molecule has 1 atom stereocenters. The Hall–Kier alpha value is -1.50. The molecule has 1 fully saturated rings. The van der Waals surface area contributed by atoms with E-state index in [4.69, 9.17) is 0 Å². The second kappa shape index (κ2) is 8.25. The molecule has 6 nitrogen and oxygen atoms in total.